The standard InChI is InChI=1S/C21H31N3O3/c25-19-14-21(16-24(15-19)18-3-11-27-12-4-18)5-9-23(10-6-21)20(26)13-17-1-7-22-8-2-17/h1-2,7-8,18-19,25H,3-6,9-16H2. The highest BCUT2D eigenvalue weighted by molar-refractivity contribution is 5.78. The fourth-order valence-electron chi connectivity index (χ4n) is 5.10. The molecule has 1 amide bonds. The van der Waals surface area contributed by atoms with Gasteiger partial charge in [0.25, 0.3) is 0 Å². The zero-order valence-corrected chi connectivity index (χ0v) is 16.1. The Morgan fingerprint density at radius 2 is 1.93 bits per heavy atom. The van der Waals surface area contributed by atoms with Crippen LogP contribution in [0.25, 0.3) is 0 Å². The second-order valence-corrected chi connectivity index (χ2v) is 8.54. The SMILES string of the molecule is O=C(Cc1ccncc1)N1CCC2(CC1)CC(O)CN(C1CCOCC1)C2. The van der Waals surface area contributed by atoms with Gasteiger partial charge in [0, 0.05) is 57.8 Å². The van der Waals surface area contributed by atoms with Gasteiger partial charge < -0.3 is 14.7 Å². The van der Waals surface area contributed by atoms with Crippen LogP contribution in [0.4, 0.5) is 0 Å². The van der Waals surface area contributed by atoms with Crippen LogP contribution in [-0.4, -0.2) is 77.3 Å². The number of aromatic nitrogens is 1. The molecule has 0 radical (unpaired) electrons. The lowest BCUT2D eigenvalue weighted by Gasteiger charge is -2.51. The molecule has 0 bridgehead atoms. The average molecular weight is 373 g/mol. The van der Waals surface area contributed by atoms with E-state index in [0.29, 0.717) is 12.5 Å². The maximum Gasteiger partial charge on any atom is 0.226 e. The maximum absolute atomic E-state index is 12.6. The Morgan fingerprint density at radius 3 is 2.63 bits per heavy atom. The predicted molar refractivity (Wildman–Crippen MR) is 102 cm³/mol. The summed E-state index contributed by atoms with van der Waals surface area (Å²) < 4.78 is 5.51. The van der Waals surface area contributed by atoms with E-state index in [2.05, 4.69) is 9.88 Å². The van der Waals surface area contributed by atoms with Crippen molar-refractivity contribution < 1.29 is 14.6 Å². The largest absolute Gasteiger partial charge is 0.392 e. The van der Waals surface area contributed by atoms with Crippen molar-refractivity contribution in [1.82, 2.24) is 14.8 Å². The van der Waals surface area contributed by atoms with Gasteiger partial charge >= 0.3 is 0 Å². The topological polar surface area (TPSA) is 65.9 Å². The van der Waals surface area contributed by atoms with Gasteiger partial charge in [-0.3, -0.25) is 14.7 Å². The molecule has 3 aliphatic heterocycles. The van der Waals surface area contributed by atoms with Crippen LogP contribution in [0.15, 0.2) is 24.5 Å². The number of likely N-dealkylation sites (tertiary alicyclic amines) is 2. The fraction of sp³-hybridized carbons (Fsp3) is 0.714. The molecule has 4 rings (SSSR count). The van der Waals surface area contributed by atoms with Crippen LogP contribution in [0, 0.1) is 5.41 Å². The van der Waals surface area contributed by atoms with Gasteiger partial charge in [-0.15, -0.1) is 0 Å². The van der Waals surface area contributed by atoms with E-state index < -0.39 is 0 Å². The Kier molecular flexibility index (Phi) is 5.76. The number of β-amino-alcohol motifs (C(OH)–C–C–N with tert-alkyl or cyclic N) is 1. The lowest BCUT2D eigenvalue weighted by molar-refractivity contribution is -0.135. The molecule has 3 fully saturated rings. The monoisotopic (exact) mass is 373 g/mol. The molecule has 0 aliphatic carbocycles. The van der Waals surface area contributed by atoms with Gasteiger partial charge in [0.2, 0.25) is 5.91 Å². The van der Waals surface area contributed by atoms with E-state index in [4.69, 9.17) is 4.74 Å². The second kappa shape index (κ2) is 8.25. The minimum atomic E-state index is -0.249. The first-order chi connectivity index (χ1) is 13.1. The third-order valence-electron chi connectivity index (χ3n) is 6.64. The second-order valence-electron chi connectivity index (χ2n) is 8.54. The molecule has 6 nitrogen and oxygen atoms in total. The number of piperidine rings is 2. The molecule has 3 saturated heterocycles. The maximum atomic E-state index is 12.6. The summed E-state index contributed by atoms with van der Waals surface area (Å²) in [6.45, 7) is 5.12. The number of nitrogens with zero attached hydrogens (tertiary/aromatic N) is 3. The molecule has 1 atom stereocenters. The number of rotatable bonds is 3. The Morgan fingerprint density at radius 1 is 1.22 bits per heavy atom. The van der Waals surface area contributed by atoms with E-state index in [1.54, 1.807) is 12.4 Å². The van der Waals surface area contributed by atoms with E-state index >= 15 is 0 Å². The zero-order valence-electron chi connectivity index (χ0n) is 16.1. The van der Waals surface area contributed by atoms with Gasteiger partial charge in [-0.2, -0.15) is 0 Å². The molecular weight excluding hydrogens is 342 g/mol. The van der Waals surface area contributed by atoms with Crippen LogP contribution in [0.1, 0.15) is 37.7 Å². The van der Waals surface area contributed by atoms with Crippen LogP contribution in [-0.2, 0) is 16.0 Å². The Bertz CT molecular complexity index is 625. The first kappa shape index (κ1) is 18.8. The lowest BCUT2D eigenvalue weighted by Crippen LogP contribution is -2.57. The number of ether oxygens (including phenoxy) is 1. The Hall–Kier alpha value is -1.50. The number of carbonyl (C=O) groups excluding carboxylic acids is 1. The number of aliphatic hydroxyl groups excluding tert-OH is 1. The smallest absolute Gasteiger partial charge is 0.226 e. The van der Waals surface area contributed by atoms with Gasteiger partial charge in [-0.25, -0.2) is 0 Å². The molecular formula is C21H31N3O3. The minimum Gasteiger partial charge on any atom is -0.392 e. The molecule has 1 unspecified atom stereocenters. The predicted octanol–water partition coefficient (Wildman–Crippen LogP) is 1.48. The van der Waals surface area contributed by atoms with Gasteiger partial charge in [0.05, 0.1) is 12.5 Å². The Labute approximate surface area is 161 Å². The summed E-state index contributed by atoms with van der Waals surface area (Å²) in [5.41, 5.74) is 1.18. The molecule has 148 valence electrons. The van der Waals surface area contributed by atoms with Crippen LogP contribution >= 0.6 is 0 Å². The van der Waals surface area contributed by atoms with Crippen molar-refractivity contribution in [3.8, 4) is 0 Å². The quantitative estimate of drug-likeness (QED) is 0.869. The molecule has 27 heavy (non-hydrogen) atoms. The average Bonchev–Trinajstić information content (AvgIpc) is 2.69. The zero-order chi connectivity index (χ0) is 18.7. The molecule has 0 aromatic carbocycles. The summed E-state index contributed by atoms with van der Waals surface area (Å²) in [6, 6.07) is 4.36. The number of hydrogen-bond donors (Lipinski definition) is 1. The molecule has 6 heteroatoms. The molecule has 1 aromatic heterocycles. The summed E-state index contributed by atoms with van der Waals surface area (Å²) in [4.78, 5) is 21.2. The van der Waals surface area contributed by atoms with E-state index in [0.717, 1.165) is 77.1 Å². The fourth-order valence-corrected chi connectivity index (χ4v) is 5.10. The number of pyridine rings is 1. The third kappa shape index (κ3) is 4.50. The molecule has 1 N–H and O–H groups in total. The normalized spacial score (nSPS) is 27.0. The van der Waals surface area contributed by atoms with Crippen LogP contribution in [0.5, 0.6) is 0 Å². The summed E-state index contributed by atoms with van der Waals surface area (Å²) in [5, 5.41) is 10.5. The number of amides is 1. The van der Waals surface area contributed by atoms with E-state index in [9.17, 15) is 9.90 Å². The van der Waals surface area contributed by atoms with E-state index in [1.165, 1.54) is 0 Å². The van der Waals surface area contributed by atoms with Gasteiger partial charge in [0.15, 0.2) is 0 Å². The first-order valence-electron chi connectivity index (χ1n) is 10.3. The third-order valence-corrected chi connectivity index (χ3v) is 6.64. The molecule has 1 spiro atoms. The van der Waals surface area contributed by atoms with Crippen LogP contribution in [0.3, 0.4) is 0 Å². The van der Waals surface area contributed by atoms with Crippen molar-refractivity contribution in [2.24, 2.45) is 5.41 Å². The van der Waals surface area contributed by atoms with Crippen LogP contribution < -0.4 is 0 Å². The van der Waals surface area contributed by atoms with E-state index in [-0.39, 0.29) is 17.4 Å². The van der Waals surface area contributed by atoms with Crippen molar-refractivity contribution in [3.05, 3.63) is 30.1 Å². The Balaban J connectivity index is 1.34. The first-order valence-corrected chi connectivity index (χ1v) is 10.3. The summed E-state index contributed by atoms with van der Waals surface area (Å²) in [5.74, 6) is 0.202. The van der Waals surface area contributed by atoms with Gasteiger partial charge in [-0.1, -0.05) is 0 Å². The number of aliphatic hydroxyl groups is 1. The summed E-state index contributed by atoms with van der Waals surface area (Å²) in [6.07, 6.45) is 8.67. The van der Waals surface area contributed by atoms with E-state index in [1.807, 2.05) is 17.0 Å². The van der Waals surface area contributed by atoms with Gasteiger partial charge in [-0.05, 0) is 55.2 Å². The highest BCUT2D eigenvalue weighted by Gasteiger charge is 2.43. The lowest BCUT2D eigenvalue weighted by atomic mass is 9.71. The highest BCUT2D eigenvalue weighted by Crippen LogP contribution is 2.41. The van der Waals surface area contributed by atoms with Crippen LogP contribution in [0.2, 0.25) is 0 Å². The molecule has 3 aliphatic rings. The molecule has 4 heterocycles. The van der Waals surface area contributed by atoms with Crippen molar-refractivity contribution in [2.45, 2.75) is 50.7 Å². The summed E-state index contributed by atoms with van der Waals surface area (Å²) >= 11 is 0. The van der Waals surface area contributed by atoms with Crippen molar-refractivity contribution in [3.63, 3.8) is 0 Å². The van der Waals surface area contributed by atoms with Crippen molar-refractivity contribution >= 4 is 5.91 Å². The molecule has 1 aromatic rings. The van der Waals surface area contributed by atoms with Gasteiger partial charge in [0.1, 0.15) is 0 Å². The number of hydrogen-bond acceptors (Lipinski definition) is 5. The number of carbonyl (C=O) groups is 1. The van der Waals surface area contributed by atoms with Crippen molar-refractivity contribution in [2.75, 3.05) is 39.4 Å². The van der Waals surface area contributed by atoms with Crippen molar-refractivity contribution in [1.29, 1.82) is 0 Å². The highest BCUT2D eigenvalue weighted by atomic mass is 16.5. The summed E-state index contributed by atoms with van der Waals surface area (Å²) in [7, 11) is 0. The molecule has 0 saturated carbocycles. The minimum absolute atomic E-state index is 0.156.